The highest BCUT2D eigenvalue weighted by Gasteiger charge is 2.21. The molecule has 0 amide bonds. The highest BCUT2D eigenvalue weighted by molar-refractivity contribution is 6.00. The number of Topliss-reactive ketones (excluding diaryl/α,β-unsaturated/α-hetero) is 1. The van der Waals surface area contributed by atoms with E-state index in [1.165, 1.54) is 0 Å². The molecule has 0 aliphatic carbocycles. The Labute approximate surface area is 179 Å². The van der Waals surface area contributed by atoms with Gasteiger partial charge in [-0.3, -0.25) is 19.6 Å². The van der Waals surface area contributed by atoms with E-state index < -0.39 is 10.9 Å². The fourth-order valence-electron chi connectivity index (χ4n) is 3.35. The summed E-state index contributed by atoms with van der Waals surface area (Å²) in [6.07, 6.45) is 0. The van der Waals surface area contributed by atoms with Crippen LogP contribution in [0.4, 0.5) is 5.69 Å². The SMILES string of the molecule is Cc1ccc(C)c(C(=O)COC(=O)c2ccc(Cn3nc(C)c([N+](=O)[O-])c3C)cc2)c1. The van der Waals surface area contributed by atoms with Crippen LogP contribution in [0.3, 0.4) is 0 Å². The monoisotopic (exact) mass is 421 g/mol. The van der Waals surface area contributed by atoms with E-state index in [0.717, 1.165) is 16.7 Å². The van der Waals surface area contributed by atoms with Crippen LogP contribution in [0, 0.1) is 37.8 Å². The van der Waals surface area contributed by atoms with Crippen LogP contribution in [0.25, 0.3) is 0 Å². The topological polar surface area (TPSA) is 104 Å². The smallest absolute Gasteiger partial charge is 0.338 e. The van der Waals surface area contributed by atoms with E-state index in [-0.39, 0.29) is 18.1 Å². The first-order valence-corrected chi connectivity index (χ1v) is 9.72. The molecule has 3 aromatic rings. The summed E-state index contributed by atoms with van der Waals surface area (Å²) in [5, 5.41) is 15.4. The number of nitrogens with zero attached hydrogens (tertiary/aromatic N) is 3. The first-order valence-electron chi connectivity index (χ1n) is 9.72. The molecule has 0 radical (unpaired) electrons. The molecule has 0 spiro atoms. The number of benzene rings is 2. The van der Waals surface area contributed by atoms with Crippen molar-refractivity contribution in [2.75, 3.05) is 6.61 Å². The van der Waals surface area contributed by atoms with Crippen molar-refractivity contribution in [3.05, 3.63) is 91.8 Å². The molecule has 8 heteroatoms. The van der Waals surface area contributed by atoms with E-state index in [2.05, 4.69) is 5.10 Å². The molecule has 1 aromatic heterocycles. The van der Waals surface area contributed by atoms with E-state index in [1.54, 1.807) is 48.9 Å². The number of ether oxygens (including phenoxy) is 1. The summed E-state index contributed by atoms with van der Waals surface area (Å²) in [5.74, 6) is -0.843. The van der Waals surface area contributed by atoms with Gasteiger partial charge in [-0.25, -0.2) is 4.79 Å². The number of esters is 1. The van der Waals surface area contributed by atoms with Gasteiger partial charge in [-0.1, -0.05) is 29.8 Å². The van der Waals surface area contributed by atoms with Gasteiger partial charge in [0.1, 0.15) is 11.4 Å². The minimum Gasteiger partial charge on any atom is -0.454 e. The lowest BCUT2D eigenvalue weighted by atomic mass is 10.0. The van der Waals surface area contributed by atoms with Gasteiger partial charge in [-0.2, -0.15) is 5.10 Å². The third-order valence-electron chi connectivity index (χ3n) is 5.08. The number of carbonyl (C=O) groups excluding carboxylic acids is 2. The number of aryl methyl sites for hydroxylation is 3. The fraction of sp³-hybridized carbons (Fsp3) is 0.261. The molecule has 0 N–H and O–H groups in total. The van der Waals surface area contributed by atoms with Crippen LogP contribution in [-0.4, -0.2) is 33.1 Å². The lowest BCUT2D eigenvalue weighted by Gasteiger charge is -2.08. The molecule has 31 heavy (non-hydrogen) atoms. The van der Waals surface area contributed by atoms with Crippen LogP contribution in [0.5, 0.6) is 0 Å². The van der Waals surface area contributed by atoms with Gasteiger partial charge in [0.25, 0.3) is 0 Å². The first-order chi connectivity index (χ1) is 14.7. The molecular weight excluding hydrogens is 398 g/mol. The molecule has 0 aliphatic heterocycles. The van der Waals surface area contributed by atoms with Crippen LogP contribution in [-0.2, 0) is 11.3 Å². The predicted octanol–water partition coefficient (Wildman–Crippen LogP) is 4.11. The zero-order chi connectivity index (χ0) is 22.7. The maximum absolute atomic E-state index is 12.4. The Bertz CT molecular complexity index is 1160. The average Bonchev–Trinajstić information content (AvgIpc) is 3.01. The second-order valence-electron chi connectivity index (χ2n) is 7.45. The largest absolute Gasteiger partial charge is 0.454 e. The van der Waals surface area contributed by atoms with Gasteiger partial charge in [0, 0.05) is 5.56 Å². The molecule has 0 aliphatic rings. The summed E-state index contributed by atoms with van der Waals surface area (Å²) in [6.45, 7) is 6.98. The molecule has 0 bridgehead atoms. The Morgan fingerprint density at radius 2 is 1.74 bits per heavy atom. The number of nitro groups is 1. The van der Waals surface area contributed by atoms with Crippen molar-refractivity contribution in [1.29, 1.82) is 0 Å². The zero-order valence-electron chi connectivity index (χ0n) is 17.8. The molecule has 2 aromatic carbocycles. The van der Waals surface area contributed by atoms with Crippen LogP contribution < -0.4 is 0 Å². The average molecular weight is 421 g/mol. The Hall–Kier alpha value is -3.81. The minimum absolute atomic E-state index is 0.00807. The number of rotatable bonds is 7. The lowest BCUT2D eigenvalue weighted by molar-refractivity contribution is -0.386. The molecule has 160 valence electrons. The summed E-state index contributed by atoms with van der Waals surface area (Å²) < 4.78 is 6.74. The highest BCUT2D eigenvalue weighted by atomic mass is 16.6. The van der Waals surface area contributed by atoms with E-state index in [1.807, 2.05) is 26.0 Å². The summed E-state index contributed by atoms with van der Waals surface area (Å²) >= 11 is 0. The second kappa shape index (κ2) is 8.91. The summed E-state index contributed by atoms with van der Waals surface area (Å²) in [6, 6.07) is 12.2. The van der Waals surface area contributed by atoms with Gasteiger partial charge >= 0.3 is 11.7 Å². The van der Waals surface area contributed by atoms with Gasteiger partial charge in [-0.15, -0.1) is 0 Å². The predicted molar refractivity (Wildman–Crippen MR) is 114 cm³/mol. The Kier molecular flexibility index (Phi) is 6.29. The number of carbonyl (C=O) groups is 2. The number of hydrogen-bond donors (Lipinski definition) is 0. The van der Waals surface area contributed by atoms with E-state index in [9.17, 15) is 19.7 Å². The summed E-state index contributed by atoms with van der Waals surface area (Å²) in [7, 11) is 0. The molecule has 8 nitrogen and oxygen atoms in total. The molecule has 0 saturated carbocycles. The van der Waals surface area contributed by atoms with Gasteiger partial charge in [0.2, 0.25) is 5.78 Å². The van der Waals surface area contributed by atoms with Gasteiger partial charge < -0.3 is 4.74 Å². The minimum atomic E-state index is -0.591. The van der Waals surface area contributed by atoms with Crippen molar-refractivity contribution in [2.45, 2.75) is 34.2 Å². The van der Waals surface area contributed by atoms with Crippen molar-refractivity contribution < 1.29 is 19.2 Å². The molecular formula is C23H23N3O5. The number of ketones is 1. The van der Waals surface area contributed by atoms with E-state index >= 15 is 0 Å². The molecule has 3 rings (SSSR count). The summed E-state index contributed by atoms with van der Waals surface area (Å²) in [4.78, 5) is 35.4. The Morgan fingerprint density at radius 3 is 2.35 bits per heavy atom. The first kappa shape index (κ1) is 21.9. The molecule has 0 atom stereocenters. The van der Waals surface area contributed by atoms with Crippen molar-refractivity contribution in [1.82, 2.24) is 9.78 Å². The second-order valence-corrected chi connectivity index (χ2v) is 7.45. The fourth-order valence-corrected chi connectivity index (χ4v) is 3.35. The van der Waals surface area contributed by atoms with Gasteiger partial charge in [-0.05, 0) is 57.0 Å². The van der Waals surface area contributed by atoms with E-state index in [0.29, 0.717) is 29.1 Å². The third kappa shape index (κ3) is 4.85. The van der Waals surface area contributed by atoms with Crippen LogP contribution in [0.1, 0.15) is 48.8 Å². The molecule has 0 saturated heterocycles. The Balaban J connectivity index is 1.64. The maximum atomic E-state index is 12.4. The number of aromatic nitrogens is 2. The normalized spacial score (nSPS) is 10.7. The summed E-state index contributed by atoms with van der Waals surface area (Å²) in [5.41, 5.74) is 4.31. The molecule has 1 heterocycles. The quantitative estimate of drug-likeness (QED) is 0.246. The lowest BCUT2D eigenvalue weighted by Crippen LogP contribution is -2.15. The standard InChI is InChI=1S/C23H23N3O5/c1-14-5-6-15(2)20(11-14)21(27)13-31-23(28)19-9-7-18(8-10-19)12-25-17(4)22(26(29)30)16(3)24-25/h5-11H,12-13H2,1-4H3. The third-order valence-corrected chi connectivity index (χ3v) is 5.08. The zero-order valence-corrected chi connectivity index (χ0v) is 17.8. The highest BCUT2D eigenvalue weighted by Crippen LogP contribution is 2.22. The van der Waals surface area contributed by atoms with Gasteiger partial charge in [0.05, 0.1) is 17.0 Å². The number of hydrogen-bond acceptors (Lipinski definition) is 6. The Morgan fingerprint density at radius 1 is 1.06 bits per heavy atom. The van der Waals surface area contributed by atoms with Crippen molar-refractivity contribution >= 4 is 17.4 Å². The van der Waals surface area contributed by atoms with Crippen molar-refractivity contribution in [2.24, 2.45) is 0 Å². The van der Waals surface area contributed by atoms with Crippen LogP contribution in [0.15, 0.2) is 42.5 Å². The van der Waals surface area contributed by atoms with Crippen molar-refractivity contribution in [3.63, 3.8) is 0 Å². The molecule has 0 unspecified atom stereocenters. The van der Waals surface area contributed by atoms with Crippen molar-refractivity contribution in [3.8, 4) is 0 Å². The van der Waals surface area contributed by atoms with E-state index in [4.69, 9.17) is 4.74 Å². The van der Waals surface area contributed by atoms with Crippen LogP contribution in [0.2, 0.25) is 0 Å². The van der Waals surface area contributed by atoms with Gasteiger partial charge in [0.15, 0.2) is 6.61 Å². The molecule has 0 fully saturated rings. The maximum Gasteiger partial charge on any atom is 0.338 e. The van der Waals surface area contributed by atoms with Crippen LogP contribution >= 0.6 is 0 Å².